The summed E-state index contributed by atoms with van der Waals surface area (Å²) in [5.74, 6) is 0.674. The van der Waals surface area contributed by atoms with Gasteiger partial charge in [0.1, 0.15) is 11.5 Å². The normalized spacial score (nSPS) is 12.8. The van der Waals surface area contributed by atoms with Crippen molar-refractivity contribution in [1.29, 1.82) is 0 Å². The molecule has 5 heteroatoms. The van der Waals surface area contributed by atoms with E-state index in [-0.39, 0.29) is 27.6 Å². The van der Waals surface area contributed by atoms with Crippen LogP contribution in [-0.4, -0.2) is 21.1 Å². The van der Waals surface area contributed by atoms with E-state index in [0.29, 0.717) is 31.0 Å². The van der Waals surface area contributed by atoms with E-state index in [2.05, 4.69) is 112 Å². The maximum Gasteiger partial charge on any atom is 0.241 e. The van der Waals surface area contributed by atoms with Crippen LogP contribution in [-0.2, 0) is 39.5 Å². The summed E-state index contributed by atoms with van der Waals surface area (Å²) < 4.78 is 0. The fourth-order valence-corrected chi connectivity index (χ4v) is 5.61. The van der Waals surface area contributed by atoms with E-state index in [1.165, 1.54) is 0 Å². The molecule has 240 valence electrons. The minimum Gasteiger partial charge on any atom is -0.507 e. The number of hydrazine groups is 1. The molecule has 2 N–H and O–H groups in total. The van der Waals surface area contributed by atoms with Crippen molar-refractivity contribution in [3.05, 3.63) is 88.0 Å². The minimum atomic E-state index is -0.280. The quantitative estimate of drug-likeness (QED) is 0.265. The molecule has 0 saturated heterocycles. The molecule has 3 aromatic carbocycles. The number of aromatic hydroxyl groups is 2. The second-order valence-electron chi connectivity index (χ2n) is 16.3. The van der Waals surface area contributed by atoms with Crippen LogP contribution in [0.15, 0.2) is 54.6 Å². The Bertz CT molecular complexity index is 1390. The summed E-state index contributed by atoms with van der Waals surface area (Å²) in [5, 5.41) is 26.6. The van der Waals surface area contributed by atoms with Crippen molar-refractivity contribution in [3.8, 4) is 11.5 Å². The molecule has 0 aliphatic rings. The molecule has 0 spiro atoms. The first-order valence-electron chi connectivity index (χ1n) is 15.9. The number of carbonyl (C=O) groups excluding carboxylic acids is 1. The zero-order valence-electron chi connectivity index (χ0n) is 29.5. The third kappa shape index (κ3) is 7.97. The maximum atomic E-state index is 13.9. The Kier molecular flexibility index (Phi) is 9.94. The lowest BCUT2D eigenvalue weighted by Gasteiger charge is -2.38. The highest BCUT2D eigenvalue weighted by atomic mass is 16.3. The van der Waals surface area contributed by atoms with Crippen molar-refractivity contribution in [2.24, 2.45) is 0 Å². The van der Waals surface area contributed by atoms with Crippen LogP contribution >= 0.6 is 0 Å². The Morgan fingerprint density at radius 1 is 0.591 bits per heavy atom. The molecular formula is C39H56N2O3. The van der Waals surface area contributed by atoms with Crippen molar-refractivity contribution in [1.82, 2.24) is 5.01 Å². The maximum absolute atomic E-state index is 13.9. The first kappa shape index (κ1) is 35.0. The fraction of sp³-hybridized carbons (Fsp3) is 0.513. The second kappa shape index (κ2) is 12.5. The molecule has 44 heavy (non-hydrogen) atoms. The number of phenols is 2. The van der Waals surface area contributed by atoms with Gasteiger partial charge in [-0.15, -0.1) is 0 Å². The Hall–Kier alpha value is -3.47. The average molecular weight is 601 g/mol. The lowest BCUT2D eigenvalue weighted by molar-refractivity contribution is -0.132. The molecule has 0 atom stereocenters. The lowest BCUT2D eigenvalue weighted by atomic mass is 9.78. The van der Waals surface area contributed by atoms with Gasteiger partial charge in [-0.2, -0.15) is 0 Å². The number of nitrogens with zero attached hydrogens (tertiary/aromatic N) is 2. The van der Waals surface area contributed by atoms with E-state index >= 15 is 0 Å². The Balaban J connectivity index is 2.26. The summed E-state index contributed by atoms with van der Waals surface area (Å²) in [6.45, 7) is 28.0. The molecule has 0 bridgehead atoms. The fourth-order valence-electron chi connectivity index (χ4n) is 5.61. The van der Waals surface area contributed by atoms with Crippen LogP contribution in [0, 0.1) is 0 Å². The number of phenolic OH excluding ortho intramolecular Hbond substituents is 2. The summed E-state index contributed by atoms with van der Waals surface area (Å²) in [4.78, 5) is 13.9. The predicted octanol–water partition coefficient (Wildman–Crippen LogP) is 9.65. The molecular weight excluding hydrogens is 544 g/mol. The Morgan fingerprint density at radius 3 is 1.25 bits per heavy atom. The van der Waals surface area contributed by atoms with Gasteiger partial charge >= 0.3 is 0 Å². The van der Waals surface area contributed by atoms with Gasteiger partial charge in [-0.1, -0.05) is 108 Å². The van der Waals surface area contributed by atoms with Crippen molar-refractivity contribution < 1.29 is 15.0 Å². The summed E-state index contributed by atoms with van der Waals surface area (Å²) in [7, 11) is 0. The highest BCUT2D eigenvalue weighted by Crippen LogP contribution is 2.42. The number of amides is 1. The molecule has 0 unspecified atom stereocenters. The van der Waals surface area contributed by atoms with Crippen LogP contribution in [0.4, 0.5) is 5.69 Å². The van der Waals surface area contributed by atoms with E-state index < -0.39 is 0 Å². The summed E-state index contributed by atoms with van der Waals surface area (Å²) in [5.41, 5.74) is 5.33. The van der Waals surface area contributed by atoms with Crippen LogP contribution in [0.1, 0.15) is 130 Å². The monoisotopic (exact) mass is 600 g/mol. The molecule has 3 rings (SSSR count). The molecule has 0 heterocycles. The van der Waals surface area contributed by atoms with Gasteiger partial charge in [0.2, 0.25) is 5.91 Å². The van der Waals surface area contributed by atoms with Gasteiger partial charge in [0, 0.05) is 6.42 Å². The van der Waals surface area contributed by atoms with E-state index in [9.17, 15) is 15.0 Å². The van der Waals surface area contributed by atoms with Crippen LogP contribution in [0.3, 0.4) is 0 Å². The zero-order chi connectivity index (χ0) is 33.4. The van der Waals surface area contributed by atoms with Gasteiger partial charge < -0.3 is 10.2 Å². The largest absolute Gasteiger partial charge is 0.507 e. The molecule has 1 amide bonds. The van der Waals surface area contributed by atoms with Crippen molar-refractivity contribution in [2.45, 2.75) is 131 Å². The number of hydrogen-bond donors (Lipinski definition) is 2. The molecule has 0 saturated carbocycles. The average Bonchev–Trinajstić information content (AvgIpc) is 2.89. The number of benzene rings is 3. The van der Waals surface area contributed by atoms with Gasteiger partial charge in [-0.3, -0.25) is 9.80 Å². The molecule has 0 aliphatic heterocycles. The number of rotatable bonds is 7. The topological polar surface area (TPSA) is 64.0 Å². The minimum absolute atomic E-state index is 0.00223. The Labute approximate surface area is 266 Å². The van der Waals surface area contributed by atoms with E-state index in [1.807, 2.05) is 42.3 Å². The van der Waals surface area contributed by atoms with E-state index in [0.717, 1.165) is 39.1 Å². The van der Waals surface area contributed by atoms with Crippen LogP contribution in [0.25, 0.3) is 0 Å². The summed E-state index contributed by atoms with van der Waals surface area (Å²) in [6.07, 6.45) is 0.343. The van der Waals surface area contributed by atoms with Gasteiger partial charge in [0.05, 0.1) is 18.8 Å². The van der Waals surface area contributed by atoms with Crippen molar-refractivity contribution in [2.75, 3.05) is 5.01 Å². The number of para-hydroxylation sites is 1. The third-order valence-corrected chi connectivity index (χ3v) is 8.17. The molecule has 5 nitrogen and oxygen atoms in total. The SMILES string of the molecule is CCC(=O)N(Cc1cc(C(C)(C)C)c(O)c(C(C)(C)C)c1)N(Cc1cc(C(C)(C)C)c(O)c(C(C)(C)C)c1)c1ccccc1. The molecule has 0 fully saturated rings. The highest BCUT2D eigenvalue weighted by Gasteiger charge is 2.30. The number of hydrogen-bond acceptors (Lipinski definition) is 4. The van der Waals surface area contributed by atoms with E-state index in [1.54, 1.807) is 0 Å². The predicted molar refractivity (Wildman–Crippen MR) is 184 cm³/mol. The van der Waals surface area contributed by atoms with Crippen LogP contribution < -0.4 is 5.01 Å². The van der Waals surface area contributed by atoms with Crippen molar-refractivity contribution >= 4 is 11.6 Å². The second-order valence-corrected chi connectivity index (χ2v) is 16.3. The summed E-state index contributed by atoms with van der Waals surface area (Å²) in [6, 6.07) is 18.3. The number of carbonyl (C=O) groups is 1. The van der Waals surface area contributed by atoms with Crippen molar-refractivity contribution in [3.63, 3.8) is 0 Å². The van der Waals surface area contributed by atoms with Crippen LogP contribution in [0.2, 0.25) is 0 Å². The van der Waals surface area contributed by atoms with Gasteiger partial charge in [0.15, 0.2) is 0 Å². The number of anilines is 1. The first-order valence-corrected chi connectivity index (χ1v) is 15.9. The lowest BCUT2D eigenvalue weighted by Crippen LogP contribution is -2.46. The van der Waals surface area contributed by atoms with Gasteiger partial charge in [-0.05, 0) is 91.4 Å². The highest BCUT2D eigenvalue weighted by molar-refractivity contribution is 5.78. The zero-order valence-corrected chi connectivity index (χ0v) is 29.5. The standard InChI is InChI=1S/C39H56N2O3/c1-14-33(42)41(25-27-22-31(38(8,9)10)35(44)32(23-27)39(11,12)13)40(28-18-16-15-17-19-28)24-26-20-29(36(2,3)4)34(43)30(21-26)37(5,6)7/h15-23,43-44H,14,24-25H2,1-13H3. The van der Waals surface area contributed by atoms with Crippen LogP contribution in [0.5, 0.6) is 11.5 Å². The smallest absolute Gasteiger partial charge is 0.241 e. The molecule has 0 radical (unpaired) electrons. The van der Waals surface area contributed by atoms with Gasteiger partial charge in [0.25, 0.3) is 0 Å². The Morgan fingerprint density at radius 2 is 0.932 bits per heavy atom. The summed E-state index contributed by atoms with van der Waals surface area (Å²) >= 11 is 0. The molecule has 0 aromatic heterocycles. The third-order valence-electron chi connectivity index (χ3n) is 8.17. The van der Waals surface area contributed by atoms with Gasteiger partial charge in [-0.25, -0.2) is 5.01 Å². The molecule has 3 aromatic rings. The molecule has 0 aliphatic carbocycles. The van der Waals surface area contributed by atoms with E-state index in [4.69, 9.17) is 0 Å². The first-order chi connectivity index (χ1) is 20.1.